The highest BCUT2D eigenvalue weighted by Crippen LogP contribution is 2.10. The summed E-state index contributed by atoms with van der Waals surface area (Å²) in [6.07, 6.45) is 1.12. The van der Waals surface area contributed by atoms with Crippen LogP contribution in [0.1, 0.15) is 26.0 Å². The van der Waals surface area contributed by atoms with Crippen LogP contribution in [0.15, 0.2) is 12.1 Å². The minimum atomic E-state index is 0.787. The van der Waals surface area contributed by atoms with Crippen LogP contribution in [0, 0.1) is 0 Å². The van der Waals surface area contributed by atoms with Crippen LogP contribution < -0.4 is 10.2 Å². The molecule has 0 aromatic carbocycles. The summed E-state index contributed by atoms with van der Waals surface area (Å²) in [5.41, 5.74) is 0.995. The molecular weight excluding hydrogens is 238 g/mol. The second-order valence-corrected chi connectivity index (χ2v) is 4.95. The summed E-state index contributed by atoms with van der Waals surface area (Å²) < 4.78 is 0. The van der Waals surface area contributed by atoms with Gasteiger partial charge in [-0.15, -0.1) is 5.10 Å². The van der Waals surface area contributed by atoms with Crippen LogP contribution >= 0.6 is 0 Å². The molecule has 0 spiro atoms. The van der Waals surface area contributed by atoms with Crippen LogP contribution in [0.4, 0.5) is 5.82 Å². The van der Waals surface area contributed by atoms with E-state index in [1.807, 2.05) is 0 Å². The number of hydrogen-bond donors (Lipinski definition) is 1. The molecule has 0 aliphatic rings. The average molecular weight is 265 g/mol. The quantitative estimate of drug-likeness (QED) is 0.730. The first-order valence-electron chi connectivity index (χ1n) is 7.10. The van der Waals surface area contributed by atoms with E-state index < -0.39 is 0 Å². The molecule has 0 unspecified atom stereocenters. The maximum absolute atomic E-state index is 4.35. The van der Waals surface area contributed by atoms with Gasteiger partial charge in [0.1, 0.15) is 0 Å². The largest absolute Gasteiger partial charge is 0.354 e. The minimum Gasteiger partial charge on any atom is -0.354 e. The second-order valence-electron chi connectivity index (χ2n) is 4.95. The van der Waals surface area contributed by atoms with Crippen molar-refractivity contribution in [1.29, 1.82) is 0 Å². The van der Waals surface area contributed by atoms with Gasteiger partial charge < -0.3 is 15.1 Å². The normalized spacial score (nSPS) is 11.0. The lowest BCUT2D eigenvalue weighted by atomic mass is 10.3. The Balaban J connectivity index is 2.62. The van der Waals surface area contributed by atoms with E-state index in [2.05, 4.69) is 65.4 Å². The van der Waals surface area contributed by atoms with Crippen molar-refractivity contribution in [3.63, 3.8) is 0 Å². The first kappa shape index (κ1) is 15.9. The Morgan fingerprint density at radius 3 is 2.37 bits per heavy atom. The maximum atomic E-state index is 4.35. The lowest BCUT2D eigenvalue weighted by Gasteiger charge is -2.24. The number of anilines is 1. The number of nitrogens with zero attached hydrogens (tertiary/aromatic N) is 4. The molecule has 0 radical (unpaired) electrons. The second kappa shape index (κ2) is 8.82. The first-order valence-corrected chi connectivity index (χ1v) is 7.10. The van der Waals surface area contributed by atoms with Crippen molar-refractivity contribution in [2.45, 2.75) is 26.8 Å². The fraction of sp³-hybridized carbons (Fsp3) is 0.714. The molecular formula is C14H27N5. The predicted molar refractivity (Wildman–Crippen MR) is 80.5 cm³/mol. The van der Waals surface area contributed by atoms with Gasteiger partial charge >= 0.3 is 0 Å². The molecule has 19 heavy (non-hydrogen) atoms. The van der Waals surface area contributed by atoms with Crippen LogP contribution in [-0.2, 0) is 6.54 Å². The number of nitrogens with one attached hydrogen (secondary N) is 1. The average Bonchev–Trinajstić information content (AvgIpc) is 2.41. The summed E-state index contributed by atoms with van der Waals surface area (Å²) in [4.78, 5) is 4.49. The molecule has 5 nitrogen and oxygen atoms in total. The summed E-state index contributed by atoms with van der Waals surface area (Å²) in [5, 5.41) is 11.9. The van der Waals surface area contributed by atoms with Crippen molar-refractivity contribution >= 4 is 5.82 Å². The van der Waals surface area contributed by atoms with Crippen molar-refractivity contribution in [2.75, 3.05) is 45.2 Å². The molecule has 1 aromatic heterocycles. The van der Waals surface area contributed by atoms with Crippen molar-refractivity contribution in [1.82, 2.24) is 20.4 Å². The molecule has 0 bridgehead atoms. The highest BCUT2D eigenvalue weighted by atomic mass is 15.3. The minimum absolute atomic E-state index is 0.787. The zero-order valence-electron chi connectivity index (χ0n) is 12.7. The highest BCUT2D eigenvalue weighted by Gasteiger charge is 2.08. The Hall–Kier alpha value is -1.20. The van der Waals surface area contributed by atoms with Crippen molar-refractivity contribution < 1.29 is 0 Å². The summed E-state index contributed by atoms with van der Waals surface area (Å²) in [6, 6.07) is 4.13. The van der Waals surface area contributed by atoms with E-state index in [1.165, 1.54) is 0 Å². The van der Waals surface area contributed by atoms with E-state index in [1.54, 1.807) is 0 Å². The van der Waals surface area contributed by atoms with Crippen LogP contribution in [0.2, 0.25) is 0 Å². The van der Waals surface area contributed by atoms with Crippen molar-refractivity contribution in [3.8, 4) is 0 Å². The van der Waals surface area contributed by atoms with Gasteiger partial charge in [-0.25, -0.2) is 0 Å². The van der Waals surface area contributed by atoms with Crippen LogP contribution in [0.3, 0.4) is 0 Å². The molecule has 1 aromatic rings. The fourth-order valence-corrected chi connectivity index (χ4v) is 1.80. The Kier molecular flexibility index (Phi) is 7.36. The summed E-state index contributed by atoms with van der Waals surface area (Å²) >= 11 is 0. The molecule has 0 fully saturated rings. The zero-order valence-corrected chi connectivity index (χ0v) is 12.7. The highest BCUT2D eigenvalue weighted by molar-refractivity contribution is 5.37. The van der Waals surface area contributed by atoms with Gasteiger partial charge in [-0.1, -0.05) is 13.8 Å². The summed E-state index contributed by atoms with van der Waals surface area (Å²) in [7, 11) is 4.19. The number of likely N-dealkylation sites (N-methyl/N-ethyl adjacent to an activating group) is 1. The summed E-state index contributed by atoms with van der Waals surface area (Å²) in [6.45, 7) is 9.06. The van der Waals surface area contributed by atoms with Gasteiger partial charge in [-0.2, -0.15) is 5.10 Å². The van der Waals surface area contributed by atoms with E-state index in [0.29, 0.717) is 0 Å². The third-order valence-electron chi connectivity index (χ3n) is 2.90. The van der Waals surface area contributed by atoms with Crippen molar-refractivity contribution in [2.24, 2.45) is 0 Å². The van der Waals surface area contributed by atoms with Gasteiger partial charge in [0, 0.05) is 26.2 Å². The molecule has 1 rings (SSSR count). The van der Waals surface area contributed by atoms with Gasteiger partial charge in [0.15, 0.2) is 5.82 Å². The van der Waals surface area contributed by atoms with Gasteiger partial charge in [0.05, 0.1) is 5.69 Å². The van der Waals surface area contributed by atoms with Gasteiger partial charge in [0.2, 0.25) is 0 Å². The number of aromatic nitrogens is 2. The zero-order chi connectivity index (χ0) is 14.1. The summed E-state index contributed by atoms with van der Waals surface area (Å²) in [5.74, 6) is 0.976. The third-order valence-corrected chi connectivity index (χ3v) is 2.90. The lowest BCUT2D eigenvalue weighted by Crippen LogP contribution is -2.33. The molecule has 0 saturated heterocycles. The van der Waals surface area contributed by atoms with Crippen LogP contribution in [-0.4, -0.2) is 55.4 Å². The smallest absolute Gasteiger partial charge is 0.151 e. The Morgan fingerprint density at radius 2 is 1.84 bits per heavy atom. The van der Waals surface area contributed by atoms with E-state index in [-0.39, 0.29) is 0 Å². The molecule has 5 heteroatoms. The van der Waals surface area contributed by atoms with Gasteiger partial charge in [-0.3, -0.25) is 0 Å². The van der Waals surface area contributed by atoms with E-state index >= 15 is 0 Å². The molecule has 1 heterocycles. The van der Waals surface area contributed by atoms with Gasteiger partial charge in [0.25, 0.3) is 0 Å². The monoisotopic (exact) mass is 265 g/mol. The predicted octanol–water partition coefficient (Wildman–Crippen LogP) is 1.36. The maximum Gasteiger partial charge on any atom is 0.151 e. The lowest BCUT2D eigenvalue weighted by molar-refractivity contribution is 0.412. The standard InChI is InChI=1S/C14H27N5/c1-5-9-19(11-10-18(3)4)14-8-7-13(16-17-14)12-15-6-2/h7-8,15H,5-6,9-12H2,1-4H3. The molecule has 0 saturated carbocycles. The van der Waals surface area contributed by atoms with E-state index in [4.69, 9.17) is 0 Å². The topological polar surface area (TPSA) is 44.3 Å². The number of rotatable bonds is 9. The molecule has 0 atom stereocenters. The SMILES string of the molecule is CCCN(CCN(C)C)c1ccc(CNCC)nn1. The first-order chi connectivity index (χ1) is 9.17. The van der Waals surface area contributed by atoms with E-state index in [0.717, 1.165) is 50.7 Å². The van der Waals surface area contributed by atoms with Crippen LogP contribution in [0.5, 0.6) is 0 Å². The number of hydrogen-bond acceptors (Lipinski definition) is 5. The molecule has 0 aliphatic heterocycles. The third kappa shape index (κ3) is 5.98. The van der Waals surface area contributed by atoms with E-state index in [9.17, 15) is 0 Å². The fourth-order valence-electron chi connectivity index (χ4n) is 1.80. The molecule has 0 amide bonds. The Bertz CT molecular complexity index is 336. The molecule has 108 valence electrons. The van der Waals surface area contributed by atoms with Crippen molar-refractivity contribution in [3.05, 3.63) is 17.8 Å². The Labute approximate surface area is 117 Å². The molecule has 1 N–H and O–H groups in total. The molecule has 0 aliphatic carbocycles. The van der Waals surface area contributed by atoms with Crippen LogP contribution in [0.25, 0.3) is 0 Å². The Morgan fingerprint density at radius 1 is 1.05 bits per heavy atom. The van der Waals surface area contributed by atoms with Gasteiger partial charge in [-0.05, 0) is 39.2 Å².